The normalized spacial score (nSPS) is 20.8. The van der Waals surface area contributed by atoms with Crippen LogP contribution in [0.15, 0.2) is 82.6 Å². The van der Waals surface area contributed by atoms with E-state index in [1.807, 2.05) is 42.5 Å². The second kappa shape index (κ2) is 10.7. The van der Waals surface area contributed by atoms with Crippen molar-refractivity contribution in [2.45, 2.75) is 50.1 Å². The van der Waals surface area contributed by atoms with Gasteiger partial charge in [-0.1, -0.05) is 61.2 Å². The van der Waals surface area contributed by atoms with Crippen molar-refractivity contribution in [2.75, 3.05) is 4.90 Å². The quantitative estimate of drug-likeness (QED) is 0.391. The number of hydrogen-bond acceptors (Lipinski definition) is 3. The zero-order chi connectivity index (χ0) is 25.1. The summed E-state index contributed by atoms with van der Waals surface area (Å²) >= 11 is 1.41. The van der Waals surface area contributed by atoms with Crippen molar-refractivity contribution in [3.05, 3.63) is 100 Å². The second-order valence-corrected chi connectivity index (χ2v) is 10.7. The van der Waals surface area contributed by atoms with E-state index in [4.69, 9.17) is 0 Å². The number of amides is 2. The molecular formula is C30H29FN2O2S. The number of hydrogen-bond donors (Lipinski definition) is 1. The number of para-hydroxylation sites is 1. The summed E-state index contributed by atoms with van der Waals surface area (Å²) < 4.78 is 14.4. The standard InChI is InChI=1S/C30H29FN2O2S/c1-20-10-16-24(17-11-20)32-29(34)22-14-12-21(13-15-22)18-28-30(35)33(19-23-6-2-3-7-25(23)31)26-8-4-5-9-27(26)36-28/h2-9,12-15,18,20,24H,10-11,16-17,19H2,1H3,(H,32,34). The van der Waals surface area contributed by atoms with Crippen LogP contribution in [0.3, 0.4) is 0 Å². The van der Waals surface area contributed by atoms with Gasteiger partial charge in [-0.3, -0.25) is 9.59 Å². The molecule has 3 aromatic carbocycles. The lowest BCUT2D eigenvalue weighted by atomic mass is 9.87. The summed E-state index contributed by atoms with van der Waals surface area (Å²) in [5.74, 6) is 0.181. The summed E-state index contributed by atoms with van der Waals surface area (Å²) in [6.07, 6.45) is 6.20. The van der Waals surface area contributed by atoms with Crippen molar-refractivity contribution in [3.63, 3.8) is 0 Å². The third-order valence-corrected chi connectivity index (χ3v) is 8.02. The maximum absolute atomic E-state index is 14.4. The average Bonchev–Trinajstić information content (AvgIpc) is 2.89. The number of halogens is 1. The lowest BCUT2D eigenvalue weighted by Crippen LogP contribution is -2.37. The fourth-order valence-corrected chi connectivity index (χ4v) is 5.83. The maximum Gasteiger partial charge on any atom is 0.265 e. The number of anilines is 1. The molecule has 2 aliphatic rings. The van der Waals surface area contributed by atoms with Crippen LogP contribution in [0.2, 0.25) is 0 Å². The first-order valence-corrected chi connectivity index (χ1v) is 13.2. The lowest BCUT2D eigenvalue weighted by molar-refractivity contribution is -0.114. The molecule has 4 nitrogen and oxygen atoms in total. The number of carbonyl (C=O) groups is 2. The highest BCUT2D eigenvalue weighted by Gasteiger charge is 2.29. The summed E-state index contributed by atoms with van der Waals surface area (Å²) in [4.78, 5) is 29.3. The minimum atomic E-state index is -0.330. The zero-order valence-corrected chi connectivity index (χ0v) is 21.1. The van der Waals surface area contributed by atoms with Gasteiger partial charge in [-0.25, -0.2) is 4.39 Å². The number of thioether (sulfide) groups is 1. The Bertz CT molecular complexity index is 1300. The molecule has 0 radical (unpaired) electrons. The van der Waals surface area contributed by atoms with E-state index < -0.39 is 0 Å². The van der Waals surface area contributed by atoms with E-state index >= 15 is 0 Å². The molecule has 184 valence electrons. The molecule has 6 heteroatoms. The maximum atomic E-state index is 14.4. The molecule has 36 heavy (non-hydrogen) atoms. The van der Waals surface area contributed by atoms with Crippen LogP contribution in [0.1, 0.15) is 54.1 Å². The van der Waals surface area contributed by atoms with Crippen LogP contribution >= 0.6 is 11.8 Å². The SMILES string of the molecule is CC1CCC(NC(=O)c2ccc(C=C3Sc4ccccc4N(Cc4ccccc4F)C3=O)cc2)CC1. The summed E-state index contributed by atoms with van der Waals surface area (Å²) in [5.41, 5.74) is 2.69. The molecule has 1 heterocycles. The predicted molar refractivity (Wildman–Crippen MR) is 143 cm³/mol. The highest BCUT2D eigenvalue weighted by molar-refractivity contribution is 8.04. The molecule has 2 amide bonds. The first-order valence-electron chi connectivity index (χ1n) is 12.4. The molecule has 0 aromatic heterocycles. The van der Waals surface area contributed by atoms with E-state index in [2.05, 4.69) is 12.2 Å². The van der Waals surface area contributed by atoms with E-state index in [0.29, 0.717) is 16.0 Å². The van der Waals surface area contributed by atoms with Crippen LogP contribution in [-0.2, 0) is 11.3 Å². The Hall–Kier alpha value is -3.38. The smallest absolute Gasteiger partial charge is 0.265 e. The molecule has 0 unspecified atom stereocenters. The molecule has 0 saturated heterocycles. The van der Waals surface area contributed by atoms with Crippen LogP contribution in [0, 0.1) is 11.7 Å². The highest BCUT2D eigenvalue weighted by atomic mass is 32.2. The summed E-state index contributed by atoms with van der Waals surface area (Å²) in [7, 11) is 0. The molecule has 0 bridgehead atoms. The first-order chi connectivity index (χ1) is 17.5. The van der Waals surface area contributed by atoms with Crippen molar-refractivity contribution in [2.24, 2.45) is 5.92 Å². The second-order valence-electron chi connectivity index (χ2n) is 9.61. The average molecular weight is 501 g/mol. The Kier molecular flexibility index (Phi) is 7.23. The van der Waals surface area contributed by atoms with Gasteiger partial charge in [0.15, 0.2) is 0 Å². The van der Waals surface area contributed by atoms with Crippen molar-refractivity contribution >= 4 is 35.3 Å². The molecule has 1 fully saturated rings. The van der Waals surface area contributed by atoms with Crippen molar-refractivity contribution < 1.29 is 14.0 Å². The van der Waals surface area contributed by atoms with Gasteiger partial charge in [0.25, 0.3) is 11.8 Å². The Morgan fingerprint density at radius 2 is 1.69 bits per heavy atom. The van der Waals surface area contributed by atoms with Gasteiger partial charge in [-0.05, 0) is 73.6 Å². The minimum Gasteiger partial charge on any atom is -0.349 e. The number of nitrogens with one attached hydrogen (secondary N) is 1. The van der Waals surface area contributed by atoms with Crippen molar-refractivity contribution in [1.82, 2.24) is 5.32 Å². The predicted octanol–water partition coefficient (Wildman–Crippen LogP) is 6.81. The zero-order valence-electron chi connectivity index (χ0n) is 20.2. The molecule has 0 spiro atoms. The van der Waals surface area contributed by atoms with Crippen LogP contribution in [0.25, 0.3) is 6.08 Å². The Morgan fingerprint density at radius 3 is 2.44 bits per heavy atom. The van der Waals surface area contributed by atoms with E-state index in [-0.39, 0.29) is 30.2 Å². The summed E-state index contributed by atoms with van der Waals surface area (Å²) in [5, 5.41) is 3.16. The van der Waals surface area contributed by atoms with Gasteiger partial charge in [-0.2, -0.15) is 0 Å². The third-order valence-electron chi connectivity index (χ3n) is 6.94. The van der Waals surface area contributed by atoms with Crippen LogP contribution in [0.5, 0.6) is 0 Å². The van der Waals surface area contributed by atoms with Crippen LogP contribution in [-0.4, -0.2) is 17.9 Å². The Morgan fingerprint density at radius 1 is 1.00 bits per heavy atom. The largest absolute Gasteiger partial charge is 0.349 e. The topological polar surface area (TPSA) is 49.4 Å². The number of nitrogens with zero attached hydrogens (tertiary/aromatic N) is 1. The van der Waals surface area contributed by atoms with Crippen molar-refractivity contribution in [1.29, 1.82) is 0 Å². The molecule has 1 aliphatic heterocycles. The fraction of sp³-hybridized carbons (Fsp3) is 0.267. The lowest BCUT2D eigenvalue weighted by Gasteiger charge is -2.30. The van der Waals surface area contributed by atoms with E-state index in [9.17, 15) is 14.0 Å². The summed E-state index contributed by atoms with van der Waals surface area (Å²) in [6.45, 7) is 2.41. The molecule has 3 aromatic rings. The van der Waals surface area contributed by atoms with Gasteiger partial charge in [0, 0.05) is 22.1 Å². The molecule has 0 atom stereocenters. The Balaban J connectivity index is 1.34. The molecule has 1 N–H and O–H groups in total. The molecule has 5 rings (SSSR count). The highest BCUT2D eigenvalue weighted by Crippen LogP contribution is 2.42. The van der Waals surface area contributed by atoms with E-state index in [1.54, 1.807) is 35.2 Å². The number of carbonyl (C=O) groups excluding carboxylic acids is 2. The summed E-state index contributed by atoms with van der Waals surface area (Å²) in [6, 6.07) is 21.8. The van der Waals surface area contributed by atoms with Gasteiger partial charge in [-0.15, -0.1) is 0 Å². The van der Waals surface area contributed by atoms with Gasteiger partial charge >= 0.3 is 0 Å². The minimum absolute atomic E-state index is 0.0538. The molecule has 1 aliphatic carbocycles. The van der Waals surface area contributed by atoms with Crippen molar-refractivity contribution in [3.8, 4) is 0 Å². The van der Waals surface area contributed by atoms with Gasteiger partial charge in [0.05, 0.1) is 17.1 Å². The van der Waals surface area contributed by atoms with E-state index in [0.717, 1.165) is 47.7 Å². The molecule has 1 saturated carbocycles. The third kappa shape index (κ3) is 5.39. The van der Waals surface area contributed by atoms with E-state index in [1.165, 1.54) is 17.8 Å². The van der Waals surface area contributed by atoms with Crippen LogP contribution < -0.4 is 10.2 Å². The number of fused-ring (bicyclic) bond motifs is 1. The number of rotatable bonds is 5. The van der Waals surface area contributed by atoms with Crippen LogP contribution in [0.4, 0.5) is 10.1 Å². The first kappa shape index (κ1) is 24.3. The fourth-order valence-electron chi connectivity index (χ4n) is 4.77. The van der Waals surface area contributed by atoms with Gasteiger partial charge in [0.1, 0.15) is 5.82 Å². The monoisotopic (exact) mass is 500 g/mol. The van der Waals surface area contributed by atoms with Gasteiger partial charge < -0.3 is 10.2 Å². The molecular weight excluding hydrogens is 471 g/mol. The number of benzene rings is 3. The van der Waals surface area contributed by atoms with Gasteiger partial charge in [0.2, 0.25) is 0 Å². The Labute approximate surface area is 215 Å².